The first-order chi connectivity index (χ1) is 8.66. The van der Waals surface area contributed by atoms with Gasteiger partial charge in [0.25, 0.3) is 0 Å². The second-order valence-corrected chi connectivity index (χ2v) is 5.22. The number of nitrogens with two attached hydrogens (primary N) is 1. The summed E-state index contributed by atoms with van der Waals surface area (Å²) in [5, 5.41) is 0. The number of nitrogen functional groups attached to an aromatic ring is 1. The summed E-state index contributed by atoms with van der Waals surface area (Å²) in [6.45, 7) is 0.979. The number of rotatable bonds is 4. The number of nitrogens with zero attached hydrogens (tertiary/aromatic N) is 1. The maximum atomic E-state index is 5.74. The molecule has 2 nitrogen and oxygen atoms in total. The van der Waals surface area contributed by atoms with E-state index in [0.717, 1.165) is 23.1 Å². The van der Waals surface area contributed by atoms with Crippen LogP contribution in [0.2, 0.25) is 0 Å². The lowest BCUT2D eigenvalue weighted by atomic mass is 10.1. The molecule has 0 aliphatic heterocycles. The molecule has 0 unspecified atom stereocenters. The van der Waals surface area contributed by atoms with E-state index in [-0.39, 0.29) is 0 Å². The molecule has 0 bridgehead atoms. The number of hydrogen-bond acceptors (Lipinski definition) is 2. The molecule has 2 aromatic carbocycles. The zero-order chi connectivity index (χ0) is 13.0. The zero-order valence-corrected chi connectivity index (χ0v) is 12.0. The van der Waals surface area contributed by atoms with E-state index < -0.39 is 0 Å². The van der Waals surface area contributed by atoms with Crippen molar-refractivity contribution < 1.29 is 0 Å². The SMILES string of the molecule is CN(CCc1ccccc1)c1ccc(N)cc1Br. The molecule has 3 heteroatoms. The van der Waals surface area contributed by atoms with Gasteiger partial charge in [-0.15, -0.1) is 0 Å². The predicted molar refractivity (Wildman–Crippen MR) is 82.0 cm³/mol. The van der Waals surface area contributed by atoms with Crippen molar-refractivity contribution in [1.29, 1.82) is 0 Å². The largest absolute Gasteiger partial charge is 0.399 e. The van der Waals surface area contributed by atoms with E-state index >= 15 is 0 Å². The van der Waals surface area contributed by atoms with Crippen LogP contribution in [0.4, 0.5) is 11.4 Å². The van der Waals surface area contributed by atoms with E-state index in [4.69, 9.17) is 5.73 Å². The maximum Gasteiger partial charge on any atom is 0.0509 e. The van der Waals surface area contributed by atoms with Crippen LogP contribution in [0.1, 0.15) is 5.56 Å². The van der Waals surface area contributed by atoms with Crippen molar-refractivity contribution in [3.8, 4) is 0 Å². The zero-order valence-electron chi connectivity index (χ0n) is 10.4. The van der Waals surface area contributed by atoms with E-state index in [1.807, 2.05) is 24.3 Å². The summed E-state index contributed by atoms with van der Waals surface area (Å²) in [6, 6.07) is 16.4. The molecule has 0 radical (unpaired) electrons. The molecule has 0 saturated carbocycles. The Morgan fingerprint density at radius 1 is 1.11 bits per heavy atom. The van der Waals surface area contributed by atoms with Crippen LogP contribution in [0.25, 0.3) is 0 Å². The van der Waals surface area contributed by atoms with Crippen molar-refractivity contribution in [2.45, 2.75) is 6.42 Å². The van der Waals surface area contributed by atoms with Crippen LogP contribution < -0.4 is 10.6 Å². The summed E-state index contributed by atoms with van der Waals surface area (Å²) in [5.41, 5.74) is 9.05. The number of anilines is 2. The van der Waals surface area contributed by atoms with Gasteiger partial charge in [0.1, 0.15) is 0 Å². The third-order valence-corrected chi connectivity index (χ3v) is 3.60. The third-order valence-electron chi connectivity index (χ3n) is 2.96. The summed E-state index contributed by atoms with van der Waals surface area (Å²) in [4.78, 5) is 2.23. The van der Waals surface area contributed by atoms with Crippen LogP contribution in [0, 0.1) is 0 Å². The Morgan fingerprint density at radius 2 is 1.83 bits per heavy atom. The lowest BCUT2D eigenvalue weighted by Gasteiger charge is -2.21. The first kappa shape index (κ1) is 13.0. The van der Waals surface area contributed by atoms with Gasteiger partial charge in [0, 0.05) is 23.8 Å². The minimum atomic E-state index is 0.780. The monoisotopic (exact) mass is 304 g/mol. The fourth-order valence-corrected chi connectivity index (χ4v) is 2.59. The highest BCUT2D eigenvalue weighted by Gasteiger charge is 2.05. The summed E-state index contributed by atoms with van der Waals surface area (Å²) in [7, 11) is 2.10. The van der Waals surface area contributed by atoms with Crippen LogP contribution in [-0.2, 0) is 6.42 Å². The van der Waals surface area contributed by atoms with Gasteiger partial charge in [-0.1, -0.05) is 30.3 Å². The van der Waals surface area contributed by atoms with Crippen LogP contribution in [-0.4, -0.2) is 13.6 Å². The van der Waals surface area contributed by atoms with Crippen molar-refractivity contribution >= 4 is 27.3 Å². The van der Waals surface area contributed by atoms with Crippen LogP contribution in [0.5, 0.6) is 0 Å². The average molecular weight is 305 g/mol. The highest BCUT2D eigenvalue weighted by Crippen LogP contribution is 2.27. The fourth-order valence-electron chi connectivity index (χ4n) is 1.89. The van der Waals surface area contributed by atoms with Gasteiger partial charge in [-0.2, -0.15) is 0 Å². The Balaban J connectivity index is 2.01. The lowest BCUT2D eigenvalue weighted by molar-refractivity contribution is 0.875. The Hall–Kier alpha value is -1.48. The maximum absolute atomic E-state index is 5.74. The Bertz CT molecular complexity index is 511. The number of hydrogen-bond donors (Lipinski definition) is 1. The summed E-state index contributed by atoms with van der Waals surface area (Å²) < 4.78 is 1.04. The second-order valence-electron chi connectivity index (χ2n) is 4.37. The molecule has 94 valence electrons. The minimum absolute atomic E-state index is 0.780. The molecule has 0 spiro atoms. The molecule has 2 N–H and O–H groups in total. The third kappa shape index (κ3) is 3.26. The molecule has 2 rings (SSSR count). The highest BCUT2D eigenvalue weighted by atomic mass is 79.9. The van der Waals surface area contributed by atoms with Crippen LogP contribution in [0.3, 0.4) is 0 Å². The van der Waals surface area contributed by atoms with Gasteiger partial charge in [0.2, 0.25) is 0 Å². The van der Waals surface area contributed by atoms with Crippen molar-refractivity contribution in [3.05, 3.63) is 58.6 Å². The fraction of sp³-hybridized carbons (Fsp3) is 0.200. The van der Waals surface area contributed by atoms with Gasteiger partial charge in [-0.3, -0.25) is 0 Å². The molecule has 18 heavy (non-hydrogen) atoms. The summed E-state index contributed by atoms with van der Waals surface area (Å²) in [5.74, 6) is 0. The van der Waals surface area contributed by atoms with Crippen molar-refractivity contribution in [3.63, 3.8) is 0 Å². The normalized spacial score (nSPS) is 10.3. The van der Waals surface area contributed by atoms with E-state index in [0.29, 0.717) is 0 Å². The van der Waals surface area contributed by atoms with E-state index in [1.165, 1.54) is 11.3 Å². The van der Waals surface area contributed by atoms with E-state index in [9.17, 15) is 0 Å². The molecular weight excluding hydrogens is 288 g/mol. The molecule has 0 aliphatic carbocycles. The Morgan fingerprint density at radius 3 is 2.50 bits per heavy atom. The van der Waals surface area contributed by atoms with Gasteiger partial charge in [-0.05, 0) is 46.1 Å². The Kier molecular flexibility index (Phi) is 4.26. The predicted octanol–water partition coefficient (Wildman–Crippen LogP) is 3.71. The van der Waals surface area contributed by atoms with Gasteiger partial charge in [0.05, 0.1) is 5.69 Å². The quantitative estimate of drug-likeness (QED) is 0.873. The summed E-state index contributed by atoms with van der Waals surface area (Å²) in [6.07, 6.45) is 1.04. The van der Waals surface area contributed by atoms with Gasteiger partial charge < -0.3 is 10.6 Å². The molecule has 0 amide bonds. The van der Waals surface area contributed by atoms with Crippen molar-refractivity contribution in [2.24, 2.45) is 0 Å². The van der Waals surface area contributed by atoms with Crippen molar-refractivity contribution in [1.82, 2.24) is 0 Å². The number of halogens is 1. The number of likely N-dealkylation sites (N-methyl/N-ethyl adjacent to an activating group) is 1. The topological polar surface area (TPSA) is 29.3 Å². The van der Waals surface area contributed by atoms with Crippen molar-refractivity contribution in [2.75, 3.05) is 24.2 Å². The molecule has 2 aromatic rings. The minimum Gasteiger partial charge on any atom is -0.399 e. The highest BCUT2D eigenvalue weighted by molar-refractivity contribution is 9.10. The average Bonchev–Trinajstić information content (AvgIpc) is 2.37. The smallest absolute Gasteiger partial charge is 0.0509 e. The molecule has 0 aliphatic rings. The molecule has 0 atom stereocenters. The molecule has 0 fully saturated rings. The van der Waals surface area contributed by atoms with Crippen LogP contribution >= 0.6 is 15.9 Å². The van der Waals surface area contributed by atoms with Gasteiger partial charge in [0.15, 0.2) is 0 Å². The molecule has 0 aromatic heterocycles. The number of benzene rings is 2. The molecule has 0 heterocycles. The summed E-state index contributed by atoms with van der Waals surface area (Å²) >= 11 is 3.55. The first-order valence-electron chi connectivity index (χ1n) is 5.97. The lowest BCUT2D eigenvalue weighted by Crippen LogP contribution is -2.20. The molecular formula is C15H17BrN2. The Labute approximate surface area is 117 Å². The van der Waals surface area contributed by atoms with Crippen LogP contribution in [0.15, 0.2) is 53.0 Å². The van der Waals surface area contributed by atoms with Gasteiger partial charge >= 0.3 is 0 Å². The van der Waals surface area contributed by atoms with E-state index in [1.54, 1.807) is 0 Å². The second kappa shape index (κ2) is 5.91. The first-order valence-corrected chi connectivity index (χ1v) is 6.76. The molecule has 0 saturated heterocycles. The van der Waals surface area contributed by atoms with Gasteiger partial charge in [-0.25, -0.2) is 0 Å². The van der Waals surface area contributed by atoms with E-state index in [2.05, 4.69) is 52.1 Å². The standard InChI is InChI=1S/C15H17BrN2/c1-18(10-9-12-5-3-2-4-6-12)15-8-7-13(17)11-14(15)16/h2-8,11H,9-10,17H2,1H3.